The quantitative estimate of drug-likeness (QED) is 0.810. The molecule has 2 aromatic rings. The first-order chi connectivity index (χ1) is 7.47. The molecule has 0 aliphatic carbocycles. The van der Waals surface area contributed by atoms with Crippen molar-refractivity contribution in [2.75, 3.05) is 5.73 Å². The Kier molecular flexibility index (Phi) is 2.44. The lowest BCUT2D eigenvalue weighted by atomic mass is 9.96. The summed E-state index contributed by atoms with van der Waals surface area (Å²) in [6.45, 7) is 3.48. The van der Waals surface area contributed by atoms with Crippen LogP contribution in [0, 0.1) is 0 Å². The zero-order valence-corrected chi connectivity index (χ0v) is 9.27. The first kappa shape index (κ1) is 10.7. The van der Waals surface area contributed by atoms with Crippen LogP contribution in [0.25, 0.3) is 11.3 Å². The van der Waals surface area contributed by atoms with Crippen molar-refractivity contribution < 1.29 is 9.63 Å². The lowest BCUT2D eigenvalue weighted by molar-refractivity contribution is 0.0786. The standard InChI is InChI=1S/C12H14N2O2/c1-12(2,15)9-5-3-4-8(6-9)10-7-11(13)16-14-10/h3-7,15H,13H2,1-2H3. The highest BCUT2D eigenvalue weighted by Crippen LogP contribution is 2.26. The van der Waals surface area contributed by atoms with Crippen LogP contribution in [0.15, 0.2) is 34.9 Å². The van der Waals surface area contributed by atoms with Crippen molar-refractivity contribution in [3.63, 3.8) is 0 Å². The predicted molar refractivity (Wildman–Crippen MR) is 61.6 cm³/mol. The molecule has 0 aliphatic rings. The SMILES string of the molecule is CC(C)(O)c1cccc(-c2cc(N)on2)c1. The highest BCUT2D eigenvalue weighted by molar-refractivity contribution is 5.62. The fourth-order valence-corrected chi connectivity index (χ4v) is 1.48. The van der Waals surface area contributed by atoms with Crippen LogP contribution in [0.3, 0.4) is 0 Å². The Morgan fingerprint density at radius 2 is 2.06 bits per heavy atom. The minimum absolute atomic E-state index is 0.281. The lowest BCUT2D eigenvalue weighted by Crippen LogP contribution is -2.15. The summed E-state index contributed by atoms with van der Waals surface area (Å²) < 4.78 is 4.81. The van der Waals surface area contributed by atoms with Crippen LogP contribution in [-0.2, 0) is 5.60 Å². The third kappa shape index (κ3) is 2.06. The van der Waals surface area contributed by atoms with E-state index in [1.54, 1.807) is 19.9 Å². The van der Waals surface area contributed by atoms with Crippen molar-refractivity contribution in [2.45, 2.75) is 19.4 Å². The van der Waals surface area contributed by atoms with E-state index in [1.807, 2.05) is 24.3 Å². The minimum Gasteiger partial charge on any atom is -0.386 e. The molecule has 0 unspecified atom stereocenters. The van der Waals surface area contributed by atoms with Gasteiger partial charge in [-0.25, -0.2) is 0 Å². The molecule has 1 heterocycles. The minimum atomic E-state index is -0.870. The maximum absolute atomic E-state index is 9.90. The molecule has 0 saturated carbocycles. The van der Waals surface area contributed by atoms with Gasteiger partial charge in [0.15, 0.2) is 0 Å². The Morgan fingerprint density at radius 1 is 1.31 bits per heavy atom. The molecule has 0 bridgehead atoms. The summed E-state index contributed by atoms with van der Waals surface area (Å²) in [5.41, 5.74) is 6.96. The Bertz CT molecular complexity index is 498. The van der Waals surface area contributed by atoms with Gasteiger partial charge in [-0.05, 0) is 25.5 Å². The van der Waals surface area contributed by atoms with Gasteiger partial charge in [0.25, 0.3) is 0 Å². The molecule has 0 aliphatic heterocycles. The summed E-state index contributed by atoms with van der Waals surface area (Å²) >= 11 is 0. The van der Waals surface area contributed by atoms with E-state index in [1.165, 1.54) is 0 Å². The number of aromatic nitrogens is 1. The molecule has 0 atom stereocenters. The second-order valence-electron chi connectivity index (χ2n) is 4.25. The van der Waals surface area contributed by atoms with Crippen LogP contribution in [0.5, 0.6) is 0 Å². The third-order valence-electron chi connectivity index (χ3n) is 2.39. The van der Waals surface area contributed by atoms with Gasteiger partial charge in [0.1, 0.15) is 5.69 Å². The van der Waals surface area contributed by atoms with Crippen molar-refractivity contribution in [1.29, 1.82) is 0 Å². The normalized spacial score (nSPS) is 11.7. The maximum atomic E-state index is 9.90. The molecule has 84 valence electrons. The van der Waals surface area contributed by atoms with Gasteiger partial charge in [-0.3, -0.25) is 0 Å². The first-order valence-electron chi connectivity index (χ1n) is 5.02. The monoisotopic (exact) mass is 218 g/mol. The molecular formula is C12H14N2O2. The van der Waals surface area contributed by atoms with Crippen molar-refractivity contribution in [1.82, 2.24) is 5.16 Å². The average molecular weight is 218 g/mol. The molecule has 1 aromatic heterocycles. The molecular weight excluding hydrogens is 204 g/mol. The number of anilines is 1. The molecule has 4 heteroatoms. The van der Waals surface area contributed by atoms with Crippen LogP contribution in [0.1, 0.15) is 19.4 Å². The molecule has 2 rings (SSSR count). The zero-order chi connectivity index (χ0) is 11.8. The number of hydrogen-bond acceptors (Lipinski definition) is 4. The van der Waals surface area contributed by atoms with Gasteiger partial charge in [0, 0.05) is 11.6 Å². The van der Waals surface area contributed by atoms with Crippen LogP contribution >= 0.6 is 0 Å². The average Bonchev–Trinajstić information content (AvgIpc) is 2.64. The Hall–Kier alpha value is -1.81. The van der Waals surface area contributed by atoms with Crippen molar-refractivity contribution >= 4 is 5.88 Å². The molecule has 1 aromatic carbocycles. The summed E-state index contributed by atoms with van der Waals surface area (Å²) in [6.07, 6.45) is 0. The van der Waals surface area contributed by atoms with Gasteiger partial charge in [0.2, 0.25) is 5.88 Å². The van der Waals surface area contributed by atoms with Gasteiger partial charge >= 0.3 is 0 Å². The van der Waals surface area contributed by atoms with E-state index >= 15 is 0 Å². The second-order valence-corrected chi connectivity index (χ2v) is 4.25. The van der Waals surface area contributed by atoms with E-state index in [-0.39, 0.29) is 5.88 Å². The number of nitrogens with zero attached hydrogens (tertiary/aromatic N) is 1. The van der Waals surface area contributed by atoms with Gasteiger partial charge in [-0.1, -0.05) is 23.4 Å². The molecule has 0 amide bonds. The van der Waals surface area contributed by atoms with Crippen molar-refractivity contribution in [2.24, 2.45) is 0 Å². The van der Waals surface area contributed by atoms with Gasteiger partial charge in [-0.15, -0.1) is 0 Å². The largest absolute Gasteiger partial charge is 0.386 e. The smallest absolute Gasteiger partial charge is 0.222 e. The van der Waals surface area contributed by atoms with Crippen molar-refractivity contribution in [3.8, 4) is 11.3 Å². The predicted octanol–water partition coefficient (Wildman–Crippen LogP) is 2.15. The number of aliphatic hydroxyl groups is 1. The van der Waals surface area contributed by atoms with E-state index in [0.717, 1.165) is 11.1 Å². The van der Waals surface area contributed by atoms with E-state index in [2.05, 4.69) is 5.16 Å². The molecule has 0 spiro atoms. The summed E-state index contributed by atoms with van der Waals surface area (Å²) in [5, 5.41) is 13.7. The van der Waals surface area contributed by atoms with Crippen molar-refractivity contribution in [3.05, 3.63) is 35.9 Å². The second kappa shape index (κ2) is 3.64. The summed E-state index contributed by atoms with van der Waals surface area (Å²) in [5.74, 6) is 0.281. The fraction of sp³-hybridized carbons (Fsp3) is 0.250. The zero-order valence-electron chi connectivity index (χ0n) is 9.27. The summed E-state index contributed by atoms with van der Waals surface area (Å²) in [7, 11) is 0. The number of benzene rings is 1. The first-order valence-corrected chi connectivity index (χ1v) is 5.02. The number of rotatable bonds is 2. The summed E-state index contributed by atoms with van der Waals surface area (Å²) in [6, 6.07) is 9.16. The number of nitrogens with two attached hydrogens (primary N) is 1. The van der Waals surface area contributed by atoms with Crippen LogP contribution in [-0.4, -0.2) is 10.3 Å². The molecule has 16 heavy (non-hydrogen) atoms. The van der Waals surface area contributed by atoms with E-state index < -0.39 is 5.60 Å². The van der Waals surface area contributed by atoms with Crippen LogP contribution in [0.2, 0.25) is 0 Å². The Balaban J connectivity index is 2.44. The molecule has 0 fully saturated rings. The Labute approximate surface area is 93.7 Å². The summed E-state index contributed by atoms with van der Waals surface area (Å²) in [4.78, 5) is 0. The fourth-order valence-electron chi connectivity index (χ4n) is 1.48. The molecule has 0 saturated heterocycles. The van der Waals surface area contributed by atoms with Crippen LogP contribution < -0.4 is 5.73 Å². The highest BCUT2D eigenvalue weighted by Gasteiger charge is 2.16. The van der Waals surface area contributed by atoms with E-state index in [9.17, 15) is 5.11 Å². The van der Waals surface area contributed by atoms with Gasteiger partial charge in [0.05, 0.1) is 5.60 Å². The van der Waals surface area contributed by atoms with Gasteiger partial charge < -0.3 is 15.4 Å². The third-order valence-corrected chi connectivity index (χ3v) is 2.39. The molecule has 4 nitrogen and oxygen atoms in total. The van der Waals surface area contributed by atoms with E-state index in [4.69, 9.17) is 10.3 Å². The highest BCUT2D eigenvalue weighted by atomic mass is 16.5. The van der Waals surface area contributed by atoms with Crippen LogP contribution in [0.4, 0.5) is 5.88 Å². The molecule has 0 radical (unpaired) electrons. The van der Waals surface area contributed by atoms with E-state index in [0.29, 0.717) is 5.69 Å². The lowest BCUT2D eigenvalue weighted by Gasteiger charge is -2.18. The Morgan fingerprint density at radius 3 is 2.62 bits per heavy atom. The molecule has 3 N–H and O–H groups in total. The van der Waals surface area contributed by atoms with Gasteiger partial charge in [-0.2, -0.15) is 0 Å². The maximum Gasteiger partial charge on any atom is 0.222 e. The number of hydrogen-bond donors (Lipinski definition) is 2. The topological polar surface area (TPSA) is 72.3 Å². The number of nitrogen functional groups attached to an aromatic ring is 1.